The minimum Gasteiger partial charge on any atom is -0.466 e. The van der Waals surface area contributed by atoms with E-state index in [1.807, 2.05) is 0 Å². The molecule has 0 saturated heterocycles. The van der Waals surface area contributed by atoms with E-state index in [0.717, 1.165) is 18.8 Å². The second-order valence-electron chi connectivity index (χ2n) is 14.8. The van der Waals surface area contributed by atoms with Crippen molar-refractivity contribution in [2.24, 2.45) is 5.92 Å². The molecular weight excluding hydrogens is 548 g/mol. The summed E-state index contributed by atoms with van der Waals surface area (Å²) in [6, 6.07) is 0. The second kappa shape index (κ2) is 39.4. The Morgan fingerprint density at radius 3 is 1.18 bits per heavy atom. The van der Waals surface area contributed by atoms with Gasteiger partial charge in [-0.05, 0) is 44.4 Å². The average molecular weight is 633 g/mol. The molecule has 0 aliphatic carbocycles. The fourth-order valence-electron chi connectivity index (χ4n) is 6.43. The lowest BCUT2D eigenvalue weighted by Crippen LogP contribution is -2.05. The zero-order valence-corrected chi connectivity index (χ0v) is 31.5. The average Bonchev–Trinajstić information content (AvgIpc) is 3.03. The first-order valence-electron chi connectivity index (χ1n) is 21.0. The number of esters is 1. The molecule has 0 bridgehead atoms. The smallest absolute Gasteiger partial charge is 0.305 e. The monoisotopic (exact) mass is 633 g/mol. The van der Waals surface area contributed by atoms with Crippen LogP contribution in [0.4, 0.5) is 0 Å². The third-order valence-electron chi connectivity index (χ3n) is 9.58. The van der Waals surface area contributed by atoms with Gasteiger partial charge in [0.05, 0.1) is 6.61 Å². The molecule has 0 heterocycles. The number of carbonyl (C=O) groups is 1. The summed E-state index contributed by atoms with van der Waals surface area (Å²) < 4.78 is 5.47. The van der Waals surface area contributed by atoms with Crippen molar-refractivity contribution >= 4 is 5.97 Å². The third kappa shape index (κ3) is 41.2. The molecule has 0 rings (SSSR count). The highest BCUT2D eigenvalue weighted by molar-refractivity contribution is 5.69. The molecule has 0 unspecified atom stereocenters. The highest BCUT2D eigenvalue weighted by Crippen LogP contribution is 2.16. The van der Waals surface area contributed by atoms with Gasteiger partial charge in [0.25, 0.3) is 0 Å². The number of carbonyl (C=O) groups excluding carboxylic acids is 1. The highest BCUT2D eigenvalue weighted by Gasteiger charge is 2.03. The summed E-state index contributed by atoms with van der Waals surface area (Å²) in [4.78, 5) is 12.0. The molecule has 0 saturated carbocycles. The van der Waals surface area contributed by atoms with Crippen molar-refractivity contribution in [3.8, 4) is 0 Å². The van der Waals surface area contributed by atoms with E-state index >= 15 is 0 Å². The molecule has 0 aliphatic heterocycles. The van der Waals surface area contributed by atoms with Crippen LogP contribution in [-0.4, -0.2) is 12.6 Å². The quantitative estimate of drug-likeness (QED) is 0.0384. The maximum atomic E-state index is 12.0. The molecule has 2 nitrogen and oxygen atoms in total. The summed E-state index contributed by atoms with van der Waals surface area (Å²) >= 11 is 0. The van der Waals surface area contributed by atoms with Gasteiger partial charge in [-0.2, -0.15) is 0 Å². The Balaban J connectivity index is 3.17. The number of hydrogen-bond acceptors (Lipinski definition) is 2. The zero-order chi connectivity index (χ0) is 32.7. The summed E-state index contributed by atoms with van der Waals surface area (Å²) in [6.45, 7) is 7.59. The first-order chi connectivity index (χ1) is 22.2. The third-order valence-corrected chi connectivity index (χ3v) is 9.58. The van der Waals surface area contributed by atoms with Crippen molar-refractivity contribution in [1.82, 2.24) is 0 Å². The Bertz CT molecular complexity index is 580. The molecule has 0 fully saturated rings. The summed E-state index contributed by atoms with van der Waals surface area (Å²) in [5, 5.41) is 0. The van der Waals surface area contributed by atoms with Gasteiger partial charge in [0, 0.05) is 6.42 Å². The van der Waals surface area contributed by atoms with Gasteiger partial charge >= 0.3 is 5.97 Å². The Morgan fingerprint density at radius 2 is 0.778 bits per heavy atom. The fraction of sp³-hybridized carbons (Fsp3) is 0.930. The van der Waals surface area contributed by atoms with Crippen LogP contribution in [0.25, 0.3) is 0 Å². The molecule has 268 valence electrons. The van der Waals surface area contributed by atoms with Crippen molar-refractivity contribution in [1.29, 1.82) is 0 Å². The summed E-state index contributed by atoms with van der Waals surface area (Å²) in [5.41, 5.74) is 0. The SMILES string of the molecule is CCCCCCC=CCCCCCCCCCCCC(=O)OCCCCCCCCCCCCCCCCCCCCC(C)C. The van der Waals surface area contributed by atoms with E-state index in [2.05, 4.69) is 32.9 Å². The minimum atomic E-state index is 0.0255. The molecule has 0 atom stereocenters. The van der Waals surface area contributed by atoms with E-state index in [-0.39, 0.29) is 5.97 Å². The zero-order valence-electron chi connectivity index (χ0n) is 31.5. The van der Waals surface area contributed by atoms with Crippen LogP contribution in [0.1, 0.15) is 245 Å². The van der Waals surface area contributed by atoms with Gasteiger partial charge in [0.1, 0.15) is 0 Å². The number of unbranched alkanes of at least 4 members (excludes halogenated alkanes) is 30. The summed E-state index contributed by atoms with van der Waals surface area (Å²) in [7, 11) is 0. The van der Waals surface area contributed by atoms with Crippen LogP contribution in [0.5, 0.6) is 0 Å². The van der Waals surface area contributed by atoms with E-state index in [9.17, 15) is 4.79 Å². The van der Waals surface area contributed by atoms with E-state index in [0.29, 0.717) is 13.0 Å². The molecule has 0 N–H and O–H groups in total. The Kier molecular flexibility index (Phi) is 38.7. The predicted octanol–water partition coefficient (Wildman–Crippen LogP) is 15.4. The van der Waals surface area contributed by atoms with E-state index in [1.54, 1.807) is 0 Å². The first-order valence-corrected chi connectivity index (χ1v) is 21.0. The lowest BCUT2D eigenvalue weighted by atomic mass is 10.0. The van der Waals surface area contributed by atoms with Crippen LogP contribution in [0.2, 0.25) is 0 Å². The summed E-state index contributed by atoms with van der Waals surface area (Å²) in [6.07, 6.45) is 51.6. The molecule has 0 aromatic heterocycles. The van der Waals surface area contributed by atoms with Crippen LogP contribution in [-0.2, 0) is 9.53 Å². The lowest BCUT2D eigenvalue weighted by Gasteiger charge is -2.06. The van der Waals surface area contributed by atoms with Gasteiger partial charge < -0.3 is 4.74 Å². The van der Waals surface area contributed by atoms with Crippen molar-refractivity contribution < 1.29 is 9.53 Å². The van der Waals surface area contributed by atoms with E-state index < -0.39 is 0 Å². The molecule has 2 heteroatoms. The number of hydrogen-bond donors (Lipinski definition) is 0. The Morgan fingerprint density at radius 1 is 0.444 bits per heavy atom. The van der Waals surface area contributed by atoms with Gasteiger partial charge in [-0.15, -0.1) is 0 Å². The van der Waals surface area contributed by atoms with E-state index in [1.165, 1.54) is 205 Å². The van der Waals surface area contributed by atoms with Gasteiger partial charge in [-0.25, -0.2) is 0 Å². The van der Waals surface area contributed by atoms with Gasteiger partial charge in [-0.3, -0.25) is 4.79 Å². The molecule has 0 amide bonds. The van der Waals surface area contributed by atoms with Crippen LogP contribution < -0.4 is 0 Å². The standard InChI is InChI=1S/C43H84O2/c1-4-5-6-7-8-9-10-11-12-15-19-22-25-28-31-34-37-40-43(44)45-41-38-35-32-29-26-23-20-17-14-13-16-18-21-24-27-30-33-36-39-42(2)3/h9-10,42H,4-8,11-41H2,1-3H3. The normalized spacial score (nSPS) is 11.7. The molecule has 45 heavy (non-hydrogen) atoms. The molecule has 0 aromatic rings. The highest BCUT2D eigenvalue weighted by atomic mass is 16.5. The van der Waals surface area contributed by atoms with Crippen LogP contribution in [0, 0.1) is 5.92 Å². The second-order valence-corrected chi connectivity index (χ2v) is 14.8. The van der Waals surface area contributed by atoms with Gasteiger partial charge in [-0.1, -0.05) is 213 Å². The maximum Gasteiger partial charge on any atom is 0.305 e. The number of allylic oxidation sites excluding steroid dienone is 2. The van der Waals surface area contributed by atoms with Gasteiger partial charge in [0.2, 0.25) is 0 Å². The van der Waals surface area contributed by atoms with Crippen LogP contribution >= 0.6 is 0 Å². The largest absolute Gasteiger partial charge is 0.466 e. The Labute approximate surface area is 285 Å². The van der Waals surface area contributed by atoms with Crippen molar-refractivity contribution in [2.45, 2.75) is 245 Å². The number of rotatable bonds is 38. The summed E-state index contributed by atoms with van der Waals surface area (Å²) in [5.74, 6) is 0.907. The van der Waals surface area contributed by atoms with Crippen molar-refractivity contribution in [2.75, 3.05) is 6.61 Å². The number of ether oxygens (including phenoxy) is 1. The lowest BCUT2D eigenvalue weighted by molar-refractivity contribution is -0.143. The minimum absolute atomic E-state index is 0.0255. The first kappa shape index (κ1) is 44.2. The Hall–Kier alpha value is -0.790. The molecule has 0 aliphatic rings. The maximum absolute atomic E-state index is 12.0. The van der Waals surface area contributed by atoms with Crippen LogP contribution in [0.15, 0.2) is 12.2 Å². The van der Waals surface area contributed by atoms with Gasteiger partial charge in [0.15, 0.2) is 0 Å². The van der Waals surface area contributed by atoms with Crippen molar-refractivity contribution in [3.05, 3.63) is 12.2 Å². The topological polar surface area (TPSA) is 26.3 Å². The molecule has 0 radical (unpaired) electrons. The predicted molar refractivity (Wildman–Crippen MR) is 202 cm³/mol. The molecular formula is C43H84O2. The molecule has 0 spiro atoms. The molecule has 0 aromatic carbocycles. The van der Waals surface area contributed by atoms with Crippen LogP contribution in [0.3, 0.4) is 0 Å². The van der Waals surface area contributed by atoms with Crippen molar-refractivity contribution in [3.63, 3.8) is 0 Å². The fourth-order valence-corrected chi connectivity index (χ4v) is 6.43. The van der Waals surface area contributed by atoms with E-state index in [4.69, 9.17) is 4.74 Å².